The Morgan fingerprint density at radius 2 is 2.09 bits per heavy atom. The highest BCUT2D eigenvalue weighted by Gasteiger charge is 2.23. The lowest BCUT2D eigenvalue weighted by Gasteiger charge is -2.02. The van der Waals surface area contributed by atoms with E-state index in [1.165, 1.54) is 12.1 Å². The number of terminal acetylenes is 1. The number of hydrogen-bond donors (Lipinski definition) is 1. The SMILES string of the molecule is C#CCn1c(=NC(=O)c2c(-c3ccccc3Cl)noc2C)sc2cc(S(N)(=O)=O)ccc21. The normalized spacial score (nSPS) is 12.2. The molecule has 0 atom stereocenters. The number of aryl methyl sites for hydroxylation is 1. The van der Waals surface area contributed by atoms with Gasteiger partial charge in [-0.05, 0) is 31.2 Å². The second-order valence-corrected chi connectivity index (χ2v) is 9.69. The van der Waals surface area contributed by atoms with E-state index in [0.29, 0.717) is 25.6 Å². The fraction of sp³-hybridized carbons (Fsp3) is 0.0952. The van der Waals surface area contributed by atoms with E-state index in [-0.39, 0.29) is 28.5 Å². The summed E-state index contributed by atoms with van der Waals surface area (Å²) in [5.74, 6) is 2.21. The number of sulfonamides is 1. The Labute approximate surface area is 192 Å². The van der Waals surface area contributed by atoms with Crippen molar-refractivity contribution in [2.24, 2.45) is 10.1 Å². The van der Waals surface area contributed by atoms with Crippen molar-refractivity contribution in [1.82, 2.24) is 9.72 Å². The molecule has 8 nitrogen and oxygen atoms in total. The van der Waals surface area contributed by atoms with Crippen molar-refractivity contribution in [2.45, 2.75) is 18.4 Å². The van der Waals surface area contributed by atoms with Crippen LogP contribution in [0.3, 0.4) is 0 Å². The smallest absolute Gasteiger partial charge is 0.285 e. The number of aromatic nitrogens is 2. The molecule has 2 aromatic heterocycles. The first-order valence-corrected chi connectivity index (χ1v) is 11.8. The maximum Gasteiger partial charge on any atom is 0.285 e. The van der Waals surface area contributed by atoms with Gasteiger partial charge in [0.25, 0.3) is 5.91 Å². The number of primary sulfonamides is 1. The minimum Gasteiger partial charge on any atom is -0.360 e. The number of rotatable bonds is 4. The molecule has 2 heterocycles. The van der Waals surface area contributed by atoms with Gasteiger partial charge in [0.15, 0.2) is 4.80 Å². The van der Waals surface area contributed by atoms with Gasteiger partial charge in [-0.3, -0.25) is 4.79 Å². The van der Waals surface area contributed by atoms with Crippen LogP contribution in [0.5, 0.6) is 0 Å². The Balaban J connectivity index is 1.90. The lowest BCUT2D eigenvalue weighted by atomic mass is 10.1. The van der Waals surface area contributed by atoms with Crippen LogP contribution in [0.1, 0.15) is 16.1 Å². The van der Waals surface area contributed by atoms with Crippen LogP contribution in [-0.2, 0) is 16.6 Å². The maximum absolute atomic E-state index is 13.2. The van der Waals surface area contributed by atoms with Gasteiger partial charge < -0.3 is 9.09 Å². The van der Waals surface area contributed by atoms with Crippen LogP contribution >= 0.6 is 22.9 Å². The molecule has 4 rings (SSSR count). The summed E-state index contributed by atoms with van der Waals surface area (Å²) >= 11 is 7.38. The molecular weight excluding hydrogens is 472 g/mol. The van der Waals surface area contributed by atoms with E-state index >= 15 is 0 Å². The molecule has 0 aliphatic rings. The highest BCUT2D eigenvalue weighted by Crippen LogP contribution is 2.31. The molecule has 162 valence electrons. The second kappa shape index (κ2) is 8.37. The Hall–Kier alpha value is -3.23. The first-order chi connectivity index (χ1) is 15.2. The van der Waals surface area contributed by atoms with Crippen LogP contribution in [0.15, 0.2) is 56.9 Å². The van der Waals surface area contributed by atoms with Gasteiger partial charge in [0.05, 0.1) is 26.7 Å². The summed E-state index contributed by atoms with van der Waals surface area (Å²) in [6.45, 7) is 1.73. The summed E-state index contributed by atoms with van der Waals surface area (Å²) in [7, 11) is -3.89. The number of nitrogens with zero attached hydrogens (tertiary/aromatic N) is 3. The number of carbonyl (C=O) groups excluding carboxylic acids is 1. The lowest BCUT2D eigenvalue weighted by molar-refractivity contribution is 0.0997. The monoisotopic (exact) mass is 486 g/mol. The fourth-order valence-electron chi connectivity index (χ4n) is 3.16. The zero-order chi connectivity index (χ0) is 23.0. The summed E-state index contributed by atoms with van der Waals surface area (Å²) in [6, 6.07) is 11.3. The summed E-state index contributed by atoms with van der Waals surface area (Å²) < 4.78 is 30.9. The van der Waals surface area contributed by atoms with Gasteiger partial charge in [0.1, 0.15) is 17.0 Å². The molecule has 0 radical (unpaired) electrons. The van der Waals surface area contributed by atoms with Crippen LogP contribution in [0.2, 0.25) is 5.02 Å². The fourth-order valence-corrected chi connectivity index (χ4v) is 5.07. The molecule has 4 aromatic rings. The van der Waals surface area contributed by atoms with E-state index in [4.69, 9.17) is 27.7 Å². The summed E-state index contributed by atoms with van der Waals surface area (Å²) in [5.41, 5.74) is 1.62. The van der Waals surface area contributed by atoms with Crippen molar-refractivity contribution in [3.63, 3.8) is 0 Å². The Morgan fingerprint density at radius 3 is 2.78 bits per heavy atom. The topological polar surface area (TPSA) is 121 Å². The second-order valence-electron chi connectivity index (χ2n) is 6.71. The van der Waals surface area contributed by atoms with Gasteiger partial charge in [0, 0.05) is 5.56 Å². The summed E-state index contributed by atoms with van der Waals surface area (Å²) in [6.07, 6.45) is 5.50. The van der Waals surface area contributed by atoms with E-state index < -0.39 is 15.9 Å². The van der Waals surface area contributed by atoms with Crippen LogP contribution in [0, 0.1) is 19.3 Å². The third kappa shape index (κ3) is 3.99. The molecular formula is C21H15ClN4O4S2. The van der Waals surface area contributed by atoms with E-state index in [9.17, 15) is 13.2 Å². The first-order valence-electron chi connectivity index (χ1n) is 9.10. The van der Waals surface area contributed by atoms with Crippen molar-refractivity contribution < 1.29 is 17.7 Å². The van der Waals surface area contributed by atoms with Crippen molar-refractivity contribution in [3.8, 4) is 23.6 Å². The maximum atomic E-state index is 13.2. The quantitative estimate of drug-likeness (QED) is 0.443. The molecule has 0 saturated carbocycles. The van der Waals surface area contributed by atoms with Crippen LogP contribution in [-0.4, -0.2) is 24.0 Å². The number of amides is 1. The molecule has 0 fully saturated rings. The van der Waals surface area contributed by atoms with Crippen LogP contribution in [0.25, 0.3) is 21.5 Å². The van der Waals surface area contributed by atoms with E-state index in [1.54, 1.807) is 41.8 Å². The molecule has 11 heteroatoms. The molecule has 2 N–H and O–H groups in total. The number of halogens is 1. The predicted molar refractivity (Wildman–Crippen MR) is 122 cm³/mol. The zero-order valence-electron chi connectivity index (χ0n) is 16.6. The molecule has 0 saturated heterocycles. The Morgan fingerprint density at radius 1 is 1.34 bits per heavy atom. The minimum atomic E-state index is -3.89. The first kappa shape index (κ1) is 22.0. The van der Waals surface area contributed by atoms with E-state index in [0.717, 1.165) is 11.3 Å². The minimum absolute atomic E-state index is 0.0483. The largest absolute Gasteiger partial charge is 0.360 e. The molecule has 2 aromatic carbocycles. The van der Waals surface area contributed by atoms with Crippen molar-refractivity contribution >= 4 is 49.1 Å². The third-order valence-corrected chi connectivity index (χ3v) is 6.92. The van der Waals surface area contributed by atoms with E-state index in [1.807, 2.05) is 0 Å². The van der Waals surface area contributed by atoms with Gasteiger partial charge in [-0.25, -0.2) is 13.6 Å². The molecule has 1 amide bonds. The number of nitrogens with two attached hydrogens (primary N) is 1. The number of hydrogen-bond acceptors (Lipinski definition) is 6. The Bertz CT molecular complexity index is 1590. The average Bonchev–Trinajstić information content (AvgIpc) is 3.28. The number of benzene rings is 2. The molecule has 0 aliphatic carbocycles. The zero-order valence-corrected chi connectivity index (χ0v) is 19.0. The summed E-state index contributed by atoms with van der Waals surface area (Å²) in [5, 5.41) is 9.63. The summed E-state index contributed by atoms with van der Waals surface area (Å²) in [4.78, 5) is 17.7. The van der Waals surface area contributed by atoms with Crippen LogP contribution < -0.4 is 9.94 Å². The molecule has 0 unspecified atom stereocenters. The standard InChI is InChI=1S/C21H15ClN4O4S2/c1-3-10-26-16-9-8-13(32(23,28)29)11-17(16)31-21(26)24-20(27)18-12(2)30-25-19(18)14-6-4-5-7-15(14)22/h1,4-9,11H,10H2,2H3,(H2,23,28,29). The van der Waals surface area contributed by atoms with Crippen molar-refractivity contribution in [1.29, 1.82) is 0 Å². The van der Waals surface area contributed by atoms with Gasteiger partial charge in [-0.2, -0.15) is 4.99 Å². The van der Waals surface area contributed by atoms with Gasteiger partial charge in [0.2, 0.25) is 10.0 Å². The highest BCUT2D eigenvalue weighted by atomic mass is 35.5. The predicted octanol–water partition coefficient (Wildman–Crippen LogP) is 3.34. The number of carbonyl (C=O) groups is 1. The highest BCUT2D eigenvalue weighted by molar-refractivity contribution is 7.89. The van der Waals surface area contributed by atoms with Crippen molar-refractivity contribution in [3.05, 3.63) is 63.6 Å². The van der Waals surface area contributed by atoms with Gasteiger partial charge in [-0.1, -0.05) is 52.2 Å². The molecule has 0 spiro atoms. The number of fused-ring (bicyclic) bond motifs is 1. The molecule has 32 heavy (non-hydrogen) atoms. The van der Waals surface area contributed by atoms with Crippen molar-refractivity contribution in [2.75, 3.05) is 0 Å². The average molecular weight is 487 g/mol. The molecule has 0 bridgehead atoms. The Kier molecular flexibility index (Phi) is 5.75. The third-order valence-electron chi connectivity index (χ3n) is 4.63. The lowest BCUT2D eigenvalue weighted by Crippen LogP contribution is -2.17. The van der Waals surface area contributed by atoms with Crippen LogP contribution in [0.4, 0.5) is 0 Å². The molecule has 0 aliphatic heterocycles. The van der Waals surface area contributed by atoms with Gasteiger partial charge in [-0.15, -0.1) is 6.42 Å². The van der Waals surface area contributed by atoms with E-state index in [2.05, 4.69) is 16.1 Å². The number of thiazole rings is 1. The van der Waals surface area contributed by atoms with Gasteiger partial charge >= 0.3 is 0 Å².